The summed E-state index contributed by atoms with van der Waals surface area (Å²) < 4.78 is 5.32. The summed E-state index contributed by atoms with van der Waals surface area (Å²) in [5, 5.41) is 12.7. The van der Waals surface area contributed by atoms with Crippen molar-refractivity contribution in [2.24, 2.45) is 5.92 Å². The SMILES string of the molecule is CCOc1ccc(NC2CCCCCC2C#N)cn1. The minimum Gasteiger partial charge on any atom is -0.478 e. The Morgan fingerprint density at radius 1 is 1.37 bits per heavy atom. The molecule has 0 spiro atoms. The second kappa shape index (κ2) is 6.98. The maximum Gasteiger partial charge on any atom is 0.213 e. The molecule has 0 bridgehead atoms. The fourth-order valence-electron chi connectivity index (χ4n) is 2.55. The van der Waals surface area contributed by atoms with E-state index in [4.69, 9.17) is 4.74 Å². The molecule has 2 unspecified atom stereocenters. The van der Waals surface area contributed by atoms with Crippen molar-refractivity contribution in [1.29, 1.82) is 5.26 Å². The van der Waals surface area contributed by atoms with Crippen LogP contribution in [0.3, 0.4) is 0 Å². The molecule has 1 N–H and O–H groups in total. The Morgan fingerprint density at radius 3 is 2.89 bits per heavy atom. The second-order valence-electron chi connectivity index (χ2n) is 4.94. The summed E-state index contributed by atoms with van der Waals surface area (Å²) in [4.78, 5) is 4.24. The molecule has 0 aliphatic heterocycles. The molecule has 4 heteroatoms. The van der Waals surface area contributed by atoms with Crippen molar-refractivity contribution < 1.29 is 4.74 Å². The van der Waals surface area contributed by atoms with Crippen molar-refractivity contribution in [3.8, 4) is 11.9 Å². The molecule has 2 rings (SSSR count). The summed E-state index contributed by atoms with van der Waals surface area (Å²) in [7, 11) is 0. The maximum absolute atomic E-state index is 9.25. The molecular formula is C15H21N3O. The quantitative estimate of drug-likeness (QED) is 0.842. The van der Waals surface area contributed by atoms with Gasteiger partial charge in [0.05, 0.1) is 30.5 Å². The van der Waals surface area contributed by atoms with Gasteiger partial charge < -0.3 is 10.1 Å². The Kier molecular flexibility index (Phi) is 5.02. The zero-order chi connectivity index (χ0) is 13.5. The van der Waals surface area contributed by atoms with Gasteiger partial charge in [0.15, 0.2) is 0 Å². The van der Waals surface area contributed by atoms with Gasteiger partial charge in [-0.2, -0.15) is 5.26 Å². The summed E-state index contributed by atoms with van der Waals surface area (Å²) >= 11 is 0. The van der Waals surface area contributed by atoms with E-state index in [-0.39, 0.29) is 12.0 Å². The van der Waals surface area contributed by atoms with Gasteiger partial charge in [0, 0.05) is 12.1 Å². The lowest BCUT2D eigenvalue weighted by Gasteiger charge is -2.21. The minimum absolute atomic E-state index is 0.106. The number of nitrogens with zero attached hydrogens (tertiary/aromatic N) is 2. The van der Waals surface area contributed by atoms with E-state index in [1.54, 1.807) is 6.20 Å². The van der Waals surface area contributed by atoms with E-state index >= 15 is 0 Å². The van der Waals surface area contributed by atoms with Gasteiger partial charge in [0.2, 0.25) is 5.88 Å². The van der Waals surface area contributed by atoms with E-state index in [9.17, 15) is 5.26 Å². The van der Waals surface area contributed by atoms with Crippen LogP contribution >= 0.6 is 0 Å². The number of aromatic nitrogens is 1. The average molecular weight is 259 g/mol. The second-order valence-corrected chi connectivity index (χ2v) is 4.94. The van der Waals surface area contributed by atoms with Crippen LogP contribution in [-0.2, 0) is 0 Å². The summed E-state index contributed by atoms with van der Waals surface area (Å²) in [5.41, 5.74) is 0.968. The third kappa shape index (κ3) is 3.85. The molecule has 1 aromatic heterocycles. The zero-order valence-electron chi connectivity index (χ0n) is 11.4. The summed E-state index contributed by atoms with van der Waals surface area (Å²) in [6.07, 6.45) is 7.44. The molecule has 1 aromatic rings. The Balaban J connectivity index is 2.00. The molecular weight excluding hydrogens is 238 g/mol. The molecule has 1 fully saturated rings. The van der Waals surface area contributed by atoms with Crippen LogP contribution in [0.5, 0.6) is 5.88 Å². The van der Waals surface area contributed by atoms with Crippen molar-refractivity contribution in [3.63, 3.8) is 0 Å². The number of nitriles is 1. The fourth-order valence-corrected chi connectivity index (χ4v) is 2.55. The molecule has 0 radical (unpaired) electrons. The summed E-state index contributed by atoms with van der Waals surface area (Å²) in [6, 6.07) is 6.52. The highest BCUT2D eigenvalue weighted by Gasteiger charge is 2.23. The molecule has 1 aliphatic carbocycles. The minimum atomic E-state index is 0.106. The van der Waals surface area contributed by atoms with Gasteiger partial charge >= 0.3 is 0 Å². The average Bonchev–Trinajstić information content (AvgIpc) is 2.66. The van der Waals surface area contributed by atoms with Crippen molar-refractivity contribution in [2.75, 3.05) is 11.9 Å². The first-order valence-electron chi connectivity index (χ1n) is 7.08. The molecule has 2 atom stereocenters. The molecule has 0 saturated heterocycles. The van der Waals surface area contributed by atoms with Crippen LogP contribution in [0.25, 0.3) is 0 Å². The molecule has 1 heterocycles. The largest absolute Gasteiger partial charge is 0.478 e. The Labute approximate surface area is 114 Å². The van der Waals surface area contributed by atoms with Crippen molar-refractivity contribution in [3.05, 3.63) is 18.3 Å². The Morgan fingerprint density at radius 2 is 2.21 bits per heavy atom. The third-order valence-corrected chi connectivity index (χ3v) is 3.56. The van der Waals surface area contributed by atoms with Crippen molar-refractivity contribution >= 4 is 5.69 Å². The van der Waals surface area contributed by atoms with E-state index in [0.29, 0.717) is 12.5 Å². The van der Waals surface area contributed by atoms with E-state index in [0.717, 1.165) is 24.9 Å². The molecule has 0 aromatic carbocycles. The Bertz CT molecular complexity index is 424. The zero-order valence-corrected chi connectivity index (χ0v) is 11.4. The molecule has 0 amide bonds. The topological polar surface area (TPSA) is 57.9 Å². The van der Waals surface area contributed by atoms with Crippen LogP contribution in [-0.4, -0.2) is 17.6 Å². The molecule has 19 heavy (non-hydrogen) atoms. The number of ether oxygens (including phenoxy) is 1. The number of hydrogen-bond acceptors (Lipinski definition) is 4. The van der Waals surface area contributed by atoms with Crippen LogP contribution in [0.15, 0.2) is 18.3 Å². The van der Waals surface area contributed by atoms with Crippen LogP contribution in [0.2, 0.25) is 0 Å². The predicted molar refractivity (Wildman–Crippen MR) is 75.0 cm³/mol. The first-order chi connectivity index (χ1) is 9.33. The van der Waals surface area contributed by atoms with Crippen molar-refractivity contribution in [2.45, 2.75) is 45.1 Å². The van der Waals surface area contributed by atoms with Gasteiger partial charge in [-0.15, -0.1) is 0 Å². The van der Waals surface area contributed by atoms with Gasteiger partial charge in [-0.1, -0.05) is 19.3 Å². The van der Waals surface area contributed by atoms with Crippen molar-refractivity contribution in [1.82, 2.24) is 4.98 Å². The number of hydrogen-bond donors (Lipinski definition) is 1. The van der Waals surface area contributed by atoms with E-state index in [2.05, 4.69) is 16.4 Å². The third-order valence-electron chi connectivity index (χ3n) is 3.56. The smallest absolute Gasteiger partial charge is 0.213 e. The van der Waals surface area contributed by atoms with Crippen LogP contribution < -0.4 is 10.1 Å². The Hall–Kier alpha value is -1.76. The summed E-state index contributed by atoms with van der Waals surface area (Å²) in [5.74, 6) is 0.750. The van der Waals surface area contributed by atoms with Gasteiger partial charge in [-0.3, -0.25) is 0 Å². The van der Waals surface area contributed by atoms with Crippen LogP contribution in [0.1, 0.15) is 39.0 Å². The fraction of sp³-hybridized carbons (Fsp3) is 0.600. The highest BCUT2D eigenvalue weighted by molar-refractivity contribution is 5.43. The number of rotatable bonds is 4. The first kappa shape index (κ1) is 13.7. The summed E-state index contributed by atoms with van der Waals surface area (Å²) in [6.45, 7) is 2.57. The predicted octanol–water partition coefficient (Wildman–Crippen LogP) is 3.36. The van der Waals surface area contributed by atoms with Gasteiger partial charge in [-0.05, 0) is 25.8 Å². The lowest BCUT2D eigenvalue weighted by molar-refractivity contribution is 0.327. The highest BCUT2D eigenvalue weighted by Crippen LogP contribution is 2.26. The van der Waals surface area contributed by atoms with Gasteiger partial charge in [0.25, 0.3) is 0 Å². The molecule has 102 valence electrons. The van der Waals surface area contributed by atoms with Gasteiger partial charge in [0.1, 0.15) is 0 Å². The first-order valence-corrected chi connectivity index (χ1v) is 7.08. The lowest BCUT2D eigenvalue weighted by atomic mass is 9.96. The van der Waals surface area contributed by atoms with Gasteiger partial charge in [-0.25, -0.2) is 4.98 Å². The van der Waals surface area contributed by atoms with Crippen LogP contribution in [0.4, 0.5) is 5.69 Å². The standard InChI is InChI=1S/C15H21N3O/c1-2-19-15-9-8-13(11-17-15)18-14-7-5-3-4-6-12(14)10-16/h8-9,11-12,14,18H,2-7H2,1H3. The molecule has 1 saturated carbocycles. The van der Waals surface area contributed by atoms with E-state index in [1.807, 2.05) is 19.1 Å². The van der Waals surface area contributed by atoms with Crippen LogP contribution in [0, 0.1) is 17.2 Å². The molecule has 1 aliphatic rings. The highest BCUT2D eigenvalue weighted by atomic mass is 16.5. The lowest BCUT2D eigenvalue weighted by Crippen LogP contribution is -2.27. The molecule has 4 nitrogen and oxygen atoms in total. The maximum atomic E-state index is 9.25. The van der Waals surface area contributed by atoms with E-state index < -0.39 is 0 Å². The normalized spacial score (nSPS) is 23.2. The van der Waals surface area contributed by atoms with E-state index in [1.165, 1.54) is 12.8 Å². The number of anilines is 1. The monoisotopic (exact) mass is 259 g/mol. The number of pyridine rings is 1. The number of nitrogens with one attached hydrogen (secondary N) is 1.